The van der Waals surface area contributed by atoms with Gasteiger partial charge in [0.05, 0.1) is 17.4 Å². The number of hydrogen-bond donors (Lipinski definition) is 2. The molecule has 3 N–H and O–H groups in total. The van der Waals surface area contributed by atoms with Crippen molar-refractivity contribution in [2.75, 3.05) is 0 Å². The third-order valence-corrected chi connectivity index (χ3v) is 5.69. The van der Waals surface area contributed by atoms with Gasteiger partial charge in [-0.05, 0) is 12.0 Å². The van der Waals surface area contributed by atoms with Crippen molar-refractivity contribution < 1.29 is 4.79 Å². The fourth-order valence-electron chi connectivity index (χ4n) is 4.07. The first-order valence-corrected chi connectivity index (χ1v) is 10.8. The van der Waals surface area contributed by atoms with E-state index >= 15 is 0 Å². The van der Waals surface area contributed by atoms with Crippen LogP contribution < -0.4 is 11.1 Å². The van der Waals surface area contributed by atoms with Crippen molar-refractivity contribution in [3.05, 3.63) is 120 Å². The molecule has 0 unspecified atom stereocenters. The van der Waals surface area contributed by atoms with Gasteiger partial charge in [0.2, 0.25) is 5.91 Å². The van der Waals surface area contributed by atoms with Gasteiger partial charge >= 0.3 is 0 Å². The third kappa shape index (κ3) is 4.29. The van der Waals surface area contributed by atoms with Gasteiger partial charge in [-0.2, -0.15) is 0 Å². The number of nitrogens with one attached hydrogen (secondary N) is 1. The predicted octanol–water partition coefficient (Wildman–Crippen LogP) is 3.68. The molecule has 0 spiro atoms. The smallest absolute Gasteiger partial charge is 0.239 e. The van der Waals surface area contributed by atoms with Gasteiger partial charge in [0.25, 0.3) is 0 Å². The molecule has 6 nitrogen and oxygen atoms in total. The van der Waals surface area contributed by atoms with Gasteiger partial charge in [-0.1, -0.05) is 84.9 Å². The molecule has 0 fully saturated rings. The van der Waals surface area contributed by atoms with Gasteiger partial charge in [0.15, 0.2) is 6.17 Å². The van der Waals surface area contributed by atoms with E-state index in [1.807, 2.05) is 84.9 Å². The van der Waals surface area contributed by atoms with Crippen LogP contribution in [0.5, 0.6) is 0 Å². The van der Waals surface area contributed by atoms with E-state index in [-0.39, 0.29) is 5.91 Å². The minimum atomic E-state index is -0.707. The molecule has 3 aromatic carbocycles. The second kappa shape index (κ2) is 9.14. The normalized spacial score (nSPS) is 15.4. The summed E-state index contributed by atoms with van der Waals surface area (Å²) < 4.78 is 0. The summed E-state index contributed by atoms with van der Waals surface area (Å²) >= 11 is 0. The molecule has 1 aromatic heterocycles. The Hall–Kier alpha value is -4.16. The number of aromatic nitrogens is 2. The van der Waals surface area contributed by atoms with Gasteiger partial charge in [-0.15, -0.1) is 0 Å². The van der Waals surface area contributed by atoms with Gasteiger partial charge < -0.3 is 11.1 Å². The Morgan fingerprint density at radius 2 is 1.58 bits per heavy atom. The monoisotopic (exact) mass is 433 g/mol. The Morgan fingerprint density at radius 1 is 0.909 bits per heavy atom. The molecule has 0 aliphatic carbocycles. The molecule has 0 saturated carbocycles. The minimum Gasteiger partial charge on any atom is -0.329 e. The standard InChI is InChI=1S/C27H23N5O/c28-23(15-18-9-3-1-4-10-18)27(33)32-26-22-16-29-17-30-25(22)21-14-8-7-13-20(21)24(31-26)19-11-5-2-6-12-19/h1-14,16-17,23,26H,15,28H2,(H,32,33)/t23-,26-/m0/s1. The highest BCUT2D eigenvalue weighted by molar-refractivity contribution is 6.17. The van der Waals surface area contributed by atoms with Crippen LogP contribution in [-0.2, 0) is 11.2 Å². The Morgan fingerprint density at radius 3 is 2.33 bits per heavy atom. The third-order valence-electron chi connectivity index (χ3n) is 5.69. The van der Waals surface area contributed by atoms with Crippen LogP contribution in [0.3, 0.4) is 0 Å². The summed E-state index contributed by atoms with van der Waals surface area (Å²) in [4.78, 5) is 26.9. The van der Waals surface area contributed by atoms with E-state index < -0.39 is 12.2 Å². The Kier molecular flexibility index (Phi) is 5.74. The van der Waals surface area contributed by atoms with Crippen LogP contribution in [0, 0.1) is 0 Å². The fourth-order valence-corrected chi connectivity index (χ4v) is 4.07. The molecule has 0 saturated heterocycles. The number of amides is 1. The van der Waals surface area contributed by atoms with Crippen LogP contribution in [0.4, 0.5) is 0 Å². The molecule has 4 aromatic rings. The number of carbonyl (C=O) groups is 1. The summed E-state index contributed by atoms with van der Waals surface area (Å²) in [5.41, 5.74) is 12.4. The topological polar surface area (TPSA) is 93.3 Å². The number of benzene rings is 3. The molecule has 2 heterocycles. The van der Waals surface area contributed by atoms with Gasteiger partial charge in [0, 0.05) is 28.5 Å². The molecule has 6 heteroatoms. The van der Waals surface area contributed by atoms with Crippen LogP contribution in [0.2, 0.25) is 0 Å². The zero-order valence-corrected chi connectivity index (χ0v) is 17.9. The largest absolute Gasteiger partial charge is 0.329 e. The summed E-state index contributed by atoms with van der Waals surface area (Å²) in [5.74, 6) is -0.277. The number of rotatable bonds is 5. The zero-order valence-electron chi connectivity index (χ0n) is 17.9. The van der Waals surface area contributed by atoms with Crippen molar-refractivity contribution in [3.63, 3.8) is 0 Å². The maximum atomic E-state index is 13.1. The van der Waals surface area contributed by atoms with Crippen LogP contribution in [0.1, 0.15) is 28.4 Å². The molecule has 33 heavy (non-hydrogen) atoms. The molecular weight excluding hydrogens is 410 g/mol. The molecule has 0 radical (unpaired) electrons. The van der Waals surface area contributed by atoms with Crippen molar-refractivity contribution >= 4 is 11.6 Å². The maximum absolute atomic E-state index is 13.1. The summed E-state index contributed by atoms with van der Waals surface area (Å²) in [5, 5.41) is 3.04. The van der Waals surface area contributed by atoms with Crippen LogP contribution in [0.15, 0.2) is 102 Å². The fraction of sp³-hybridized carbons (Fsp3) is 0.111. The van der Waals surface area contributed by atoms with Gasteiger partial charge in [-0.25, -0.2) is 9.97 Å². The highest BCUT2D eigenvalue weighted by atomic mass is 16.2. The van der Waals surface area contributed by atoms with Crippen molar-refractivity contribution in [3.8, 4) is 11.3 Å². The SMILES string of the molecule is N[C@@H](Cc1ccccc1)C(=O)N[C@@H]1N=C(c2ccccc2)c2ccccc2-c2ncncc21. The average molecular weight is 434 g/mol. The molecule has 1 aliphatic heterocycles. The first kappa shape index (κ1) is 20.7. The molecule has 0 bridgehead atoms. The minimum absolute atomic E-state index is 0.277. The van der Waals surface area contributed by atoms with Gasteiger partial charge in [-0.3, -0.25) is 9.79 Å². The lowest BCUT2D eigenvalue weighted by atomic mass is 9.95. The number of nitrogens with two attached hydrogens (primary N) is 1. The number of hydrogen-bond acceptors (Lipinski definition) is 5. The van der Waals surface area contributed by atoms with Crippen LogP contribution in [0.25, 0.3) is 11.3 Å². The predicted molar refractivity (Wildman–Crippen MR) is 129 cm³/mol. The van der Waals surface area contributed by atoms with Crippen LogP contribution >= 0.6 is 0 Å². The number of carbonyl (C=O) groups excluding carboxylic acids is 1. The van der Waals surface area contributed by atoms with Crippen molar-refractivity contribution in [2.24, 2.45) is 10.7 Å². The Bertz CT molecular complexity index is 1300. The number of aliphatic imine (C=N–C) groups is 1. The lowest BCUT2D eigenvalue weighted by molar-refractivity contribution is -0.123. The summed E-state index contributed by atoms with van der Waals surface area (Å²) in [6.45, 7) is 0. The van der Waals surface area contributed by atoms with Crippen LogP contribution in [-0.4, -0.2) is 27.6 Å². The van der Waals surface area contributed by atoms with E-state index in [1.54, 1.807) is 6.20 Å². The molecule has 162 valence electrons. The number of nitrogens with zero attached hydrogens (tertiary/aromatic N) is 3. The van der Waals surface area contributed by atoms with Crippen molar-refractivity contribution in [2.45, 2.75) is 18.6 Å². The highest BCUT2D eigenvalue weighted by Crippen LogP contribution is 2.34. The molecule has 1 aliphatic rings. The van der Waals surface area contributed by atoms with Crippen molar-refractivity contribution in [1.82, 2.24) is 15.3 Å². The van der Waals surface area contributed by atoms with Crippen molar-refractivity contribution in [1.29, 1.82) is 0 Å². The Balaban J connectivity index is 1.55. The second-order valence-electron chi connectivity index (χ2n) is 7.92. The van der Waals surface area contributed by atoms with E-state index in [0.29, 0.717) is 6.42 Å². The summed E-state index contributed by atoms with van der Waals surface area (Å²) in [6.07, 6.45) is 3.00. The first-order valence-electron chi connectivity index (χ1n) is 10.8. The van der Waals surface area contributed by atoms with E-state index in [1.165, 1.54) is 6.33 Å². The molecular formula is C27H23N5O. The highest BCUT2D eigenvalue weighted by Gasteiger charge is 2.28. The summed E-state index contributed by atoms with van der Waals surface area (Å²) in [6, 6.07) is 27.0. The van der Waals surface area contributed by atoms with E-state index in [2.05, 4.69) is 15.3 Å². The molecule has 5 rings (SSSR count). The lowest BCUT2D eigenvalue weighted by Crippen LogP contribution is -2.43. The molecule has 2 atom stereocenters. The number of fused-ring (bicyclic) bond motifs is 3. The summed E-state index contributed by atoms with van der Waals surface area (Å²) in [7, 11) is 0. The lowest BCUT2D eigenvalue weighted by Gasteiger charge is -2.19. The van der Waals surface area contributed by atoms with E-state index in [4.69, 9.17) is 10.7 Å². The second-order valence-corrected chi connectivity index (χ2v) is 7.92. The van der Waals surface area contributed by atoms with E-state index in [9.17, 15) is 4.79 Å². The first-order chi connectivity index (χ1) is 16.2. The Labute approximate surface area is 192 Å². The van der Waals surface area contributed by atoms with E-state index in [0.717, 1.165) is 39.2 Å². The maximum Gasteiger partial charge on any atom is 0.239 e. The molecule has 1 amide bonds. The van der Waals surface area contributed by atoms with Gasteiger partial charge in [0.1, 0.15) is 6.33 Å². The quantitative estimate of drug-likeness (QED) is 0.502. The average Bonchev–Trinajstić information content (AvgIpc) is 3.00. The zero-order chi connectivity index (χ0) is 22.6.